The van der Waals surface area contributed by atoms with E-state index in [1.54, 1.807) is 12.8 Å². The maximum atomic E-state index is 5.33. The lowest BCUT2D eigenvalue weighted by Crippen LogP contribution is -2.34. The Bertz CT molecular complexity index is 224. The van der Waals surface area contributed by atoms with Crippen molar-refractivity contribution >= 4 is 8.56 Å². The Kier molecular flexibility index (Phi) is 7.90. The average Bonchev–Trinajstić information content (AvgIpc) is 2.32. The lowest BCUT2D eigenvalue weighted by molar-refractivity contribution is 0.228. The third-order valence-corrected chi connectivity index (χ3v) is 4.29. The van der Waals surface area contributed by atoms with Gasteiger partial charge in [-0.3, -0.25) is 0 Å². The summed E-state index contributed by atoms with van der Waals surface area (Å²) in [5, 5.41) is 0. The van der Waals surface area contributed by atoms with E-state index in [-0.39, 0.29) is 0 Å². The van der Waals surface area contributed by atoms with E-state index >= 15 is 0 Å². The van der Waals surface area contributed by atoms with E-state index in [1.807, 2.05) is 49.9 Å². The molecule has 0 amide bonds. The predicted molar refractivity (Wildman–Crippen MR) is 66.9 cm³/mol. The molecule has 0 aromatic heterocycles. The lowest BCUT2D eigenvalue weighted by atomic mass is 10.4. The summed E-state index contributed by atoms with van der Waals surface area (Å²) >= 11 is 0. The van der Waals surface area contributed by atoms with Crippen LogP contribution in [0.4, 0.5) is 0 Å². The van der Waals surface area contributed by atoms with Crippen molar-refractivity contribution in [3.63, 3.8) is 0 Å². The molecule has 84 valence electrons. The van der Waals surface area contributed by atoms with Gasteiger partial charge in [-0.25, -0.2) is 0 Å². The van der Waals surface area contributed by atoms with E-state index in [0.717, 1.165) is 0 Å². The van der Waals surface area contributed by atoms with Crippen LogP contribution in [0.1, 0.15) is 6.92 Å². The van der Waals surface area contributed by atoms with Gasteiger partial charge in [0.15, 0.2) is 0 Å². The SMILES string of the molecule is C=C[Si](C)(OC)OCC.c1ccccc1. The first-order chi connectivity index (χ1) is 7.18. The van der Waals surface area contributed by atoms with Crippen LogP contribution in [0.2, 0.25) is 6.55 Å². The third kappa shape index (κ3) is 7.08. The third-order valence-electron chi connectivity index (χ3n) is 1.87. The maximum absolute atomic E-state index is 5.33. The predicted octanol–water partition coefficient (Wildman–Crippen LogP) is 3.15. The number of rotatable bonds is 4. The molecule has 2 nitrogen and oxygen atoms in total. The van der Waals surface area contributed by atoms with Crippen molar-refractivity contribution in [2.24, 2.45) is 0 Å². The first-order valence-electron chi connectivity index (χ1n) is 5.01. The van der Waals surface area contributed by atoms with Crippen molar-refractivity contribution in [3.05, 3.63) is 48.7 Å². The molecule has 1 rings (SSSR count). The molecule has 0 saturated heterocycles. The van der Waals surface area contributed by atoms with Gasteiger partial charge in [0.2, 0.25) is 0 Å². The highest BCUT2D eigenvalue weighted by Gasteiger charge is 2.24. The van der Waals surface area contributed by atoms with Gasteiger partial charge in [-0.05, 0) is 19.2 Å². The second-order valence-electron chi connectivity index (χ2n) is 3.01. The minimum absolute atomic E-state index is 0.697. The van der Waals surface area contributed by atoms with Crippen molar-refractivity contribution in [1.82, 2.24) is 0 Å². The number of hydrogen-bond donors (Lipinski definition) is 0. The van der Waals surface area contributed by atoms with E-state index in [2.05, 4.69) is 6.58 Å². The quantitative estimate of drug-likeness (QED) is 0.731. The Morgan fingerprint density at radius 2 is 1.53 bits per heavy atom. The maximum Gasteiger partial charge on any atom is 0.360 e. The zero-order chi connectivity index (χ0) is 11.6. The van der Waals surface area contributed by atoms with Gasteiger partial charge >= 0.3 is 8.56 Å². The van der Waals surface area contributed by atoms with Crippen molar-refractivity contribution in [2.75, 3.05) is 13.7 Å². The zero-order valence-electron chi connectivity index (χ0n) is 9.77. The summed E-state index contributed by atoms with van der Waals surface area (Å²) in [5.41, 5.74) is 1.77. The van der Waals surface area contributed by atoms with E-state index in [9.17, 15) is 0 Å². The monoisotopic (exact) mass is 224 g/mol. The fraction of sp³-hybridized carbons (Fsp3) is 0.333. The van der Waals surface area contributed by atoms with Crippen LogP contribution in [-0.4, -0.2) is 22.3 Å². The smallest absolute Gasteiger partial charge is 0.360 e. The standard InChI is InChI=1S/C6H14O2Si.C6H6/c1-5-8-9(4,6-2)7-3;1-2-4-6-5-3-1/h6H,2,5H2,1,3-4H3;1-6H. The van der Waals surface area contributed by atoms with Gasteiger partial charge in [-0.2, -0.15) is 0 Å². The molecular weight excluding hydrogens is 204 g/mol. The van der Waals surface area contributed by atoms with Crippen LogP contribution in [0.5, 0.6) is 0 Å². The summed E-state index contributed by atoms with van der Waals surface area (Å²) < 4.78 is 10.5. The molecule has 0 fully saturated rings. The Labute approximate surface area is 93.8 Å². The van der Waals surface area contributed by atoms with Crippen LogP contribution in [0, 0.1) is 0 Å². The molecule has 1 aromatic rings. The summed E-state index contributed by atoms with van der Waals surface area (Å²) in [7, 11) is -0.277. The highest BCUT2D eigenvalue weighted by molar-refractivity contribution is 6.71. The molecule has 0 aliphatic heterocycles. The number of benzene rings is 1. The van der Waals surface area contributed by atoms with Crippen molar-refractivity contribution in [2.45, 2.75) is 13.5 Å². The van der Waals surface area contributed by atoms with E-state index in [1.165, 1.54) is 0 Å². The molecule has 0 radical (unpaired) electrons. The second kappa shape index (κ2) is 8.41. The summed E-state index contributed by atoms with van der Waals surface area (Å²) in [5.74, 6) is 0. The Morgan fingerprint density at radius 1 is 1.13 bits per heavy atom. The minimum atomic E-state index is -1.93. The highest BCUT2D eigenvalue weighted by Crippen LogP contribution is 2.04. The van der Waals surface area contributed by atoms with Gasteiger partial charge in [-0.15, -0.1) is 6.58 Å². The van der Waals surface area contributed by atoms with Crippen LogP contribution in [-0.2, 0) is 8.85 Å². The Balaban J connectivity index is 0.000000280. The minimum Gasteiger partial charge on any atom is -0.395 e. The molecule has 0 aliphatic rings. The van der Waals surface area contributed by atoms with E-state index in [0.29, 0.717) is 6.61 Å². The van der Waals surface area contributed by atoms with Gasteiger partial charge in [0.1, 0.15) is 0 Å². The zero-order valence-corrected chi connectivity index (χ0v) is 10.8. The molecule has 1 unspecified atom stereocenters. The molecule has 0 aliphatic carbocycles. The van der Waals surface area contributed by atoms with Crippen LogP contribution in [0.25, 0.3) is 0 Å². The first kappa shape index (κ1) is 14.1. The molecule has 1 atom stereocenters. The van der Waals surface area contributed by atoms with Crippen LogP contribution < -0.4 is 0 Å². The summed E-state index contributed by atoms with van der Waals surface area (Å²) in [6.45, 7) is 8.24. The van der Waals surface area contributed by atoms with Crippen LogP contribution >= 0.6 is 0 Å². The van der Waals surface area contributed by atoms with Crippen LogP contribution in [0.3, 0.4) is 0 Å². The van der Waals surface area contributed by atoms with E-state index in [4.69, 9.17) is 8.85 Å². The Morgan fingerprint density at radius 3 is 1.67 bits per heavy atom. The molecule has 0 N–H and O–H groups in total. The van der Waals surface area contributed by atoms with Gasteiger partial charge < -0.3 is 8.85 Å². The first-order valence-corrected chi connectivity index (χ1v) is 7.40. The fourth-order valence-corrected chi connectivity index (χ4v) is 1.85. The molecule has 3 heteroatoms. The van der Waals surface area contributed by atoms with Crippen molar-refractivity contribution in [1.29, 1.82) is 0 Å². The molecule has 0 heterocycles. The van der Waals surface area contributed by atoms with Crippen molar-refractivity contribution in [3.8, 4) is 0 Å². The van der Waals surface area contributed by atoms with Crippen LogP contribution in [0.15, 0.2) is 48.7 Å². The molecule has 0 spiro atoms. The summed E-state index contributed by atoms with van der Waals surface area (Å²) in [6, 6.07) is 12.0. The second-order valence-corrected chi connectivity index (χ2v) is 6.15. The van der Waals surface area contributed by atoms with E-state index < -0.39 is 8.56 Å². The summed E-state index contributed by atoms with van der Waals surface area (Å²) in [6.07, 6.45) is 0. The molecule has 1 aromatic carbocycles. The molecular formula is C12H20O2Si. The topological polar surface area (TPSA) is 18.5 Å². The molecule has 0 saturated carbocycles. The van der Waals surface area contributed by atoms with Gasteiger partial charge in [0.05, 0.1) is 0 Å². The number of hydrogen-bond acceptors (Lipinski definition) is 2. The highest BCUT2D eigenvalue weighted by atomic mass is 28.4. The average molecular weight is 224 g/mol. The van der Waals surface area contributed by atoms with Gasteiger partial charge in [0, 0.05) is 13.7 Å². The molecule has 0 bridgehead atoms. The Hall–Kier alpha value is -0.903. The fourth-order valence-electron chi connectivity index (χ4n) is 0.873. The molecule has 15 heavy (non-hydrogen) atoms. The lowest BCUT2D eigenvalue weighted by Gasteiger charge is -2.19. The summed E-state index contributed by atoms with van der Waals surface area (Å²) in [4.78, 5) is 0. The normalized spacial score (nSPS) is 13.3. The van der Waals surface area contributed by atoms with Gasteiger partial charge in [0.25, 0.3) is 0 Å². The van der Waals surface area contributed by atoms with Gasteiger partial charge in [-0.1, -0.05) is 36.4 Å². The largest absolute Gasteiger partial charge is 0.395 e. The van der Waals surface area contributed by atoms with Crippen molar-refractivity contribution < 1.29 is 8.85 Å².